The summed E-state index contributed by atoms with van der Waals surface area (Å²) in [5.74, 6) is 0.0805. The lowest BCUT2D eigenvalue weighted by Crippen LogP contribution is -2.31. The summed E-state index contributed by atoms with van der Waals surface area (Å²) in [6.45, 7) is 64.5. The molecule has 0 fully saturated rings. The number of phenols is 2. The van der Waals surface area contributed by atoms with E-state index in [0.717, 1.165) is 54.7 Å². The Morgan fingerprint density at radius 2 is 0.566 bits per heavy atom. The molecule has 0 unspecified atom stereocenters. The smallest absolute Gasteiger partial charge is 0.147 e. The average molecular weight is 1410 g/mol. The number of benzene rings is 8. The Kier molecular flexibility index (Phi) is 20.5. The van der Waals surface area contributed by atoms with Gasteiger partial charge in [0.1, 0.15) is 34.6 Å². The molecule has 0 saturated heterocycles. The predicted octanol–water partition coefficient (Wildman–Crippen LogP) is 24.8. The number of aromatic hydroxyl groups is 2. The summed E-state index contributed by atoms with van der Waals surface area (Å²) in [5, 5.41) is 36.0. The fourth-order valence-corrected chi connectivity index (χ4v) is 33.3. The summed E-state index contributed by atoms with van der Waals surface area (Å²) >= 11 is 0. The van der Waals surface area contributed by atoms with Gasteiger partial charge in [-0.05, 0) is 185 Å². The minimum absolute atomic E-state index is 0.00953. The van der Waals surface area contributed by atoms with E-state index in [2.05, 4.69) is 260 Å². The number of hydrogen-bond donors (Lipinski definition) is 2. The number of aromatic nitrogens is 2. The summed E-state index contributed by atoms with van der Waals surface area (Å²) in [5.41, 5.74) is 10.0. The zero-order valence-electron chi connectivity index (χ0n) is 64.8. The van der Waals surface area contributed by atoms with Crippen molar-refractivity contribution in [2.24, 2.45) is 0 Å². The van der Waals surface area contributed by atoms with Crippen LogP contribution >= 0.6 is 31.7 Å². The Hall–Kier alpha value is -5.86. The van der Waals surface area contributed by atoms with E-state index in [1.54, 1.807) is 0 Å². The third-order valence-electron chi connectivity index (χ3n) is 18.7. The van der Waals surface area contributed by atoms with E-state index in [1.807, 2.05) is 39.8 Å². The zero-order chi connectivity index (χ0) is 73.3. The topological polar surface area (TPSA) is 68.8 Å². The Labute approximate surface area is 597 Å². The van der Waals surface area contributed by atoms with Crippen LogP contribution in [-0.2, 0) is 0 Å². The van der Waals surface area contributed by atoms with Gasteiger partial charge in [0.05, 0.1) is 46.7 Å². The molecule has 10 aromatic rings. The number of rotatable bonds is 14. The summed E-state index contributed by atoms with van der Waals surface area (Å²) in [6.07, 6.45) is 0.398. The lowest BCUT2D eigenvalue weighted by Gasteiger charge is -2.42. The van der Waals surface area contributed by atoms with E-state index in [1.165, 1.54) is 45.5 Å². The van der Waals surface area contributed by atoms with E-state index < -0.39 is 43.3 Å². The third-order valence-corrected chi connectivity index (χ3v) is 32.6. The average Bonchev–Trinajstić information content (AvgIpc) is 1.59. The van der Waals surface area contributed by atoms with Gasteiger partial charge in [-0.15, -0.1) is 0 Å². The van der Waals surface area contributed by atoms with Gasteiger partial charge in [0.2, 0.25) is 0 Å². The Balaban J connectivity index is 1.04. The molecule has 2 aromatic heterocycles. The lowest BCUT2D eigenvalue weighted by atomic mass is 9.97. The molecule has 10 rings (SSSR count). The highest BCUT2D eigenvalue weighted by molar-refractivity contribution is 7.69. The molecule has 0 amide bonds. The summed E-state index contributed by atoms with van der Waals surface area (Å²) < 4.78 is 50.4. The van der Waals surface area contributed by atoms with Crippen LogP contribution in [0.2, 0.25) is 0 Å². The Morgan fingerprint density at radius 3 is 0.798 bits per heavy atom. The van der Waals surface area contributed by atoms with Crippen molar-refractivity contribution in [2.45, 2.75) is 242 Å². The van der Waals surface area contributed by atoms with Gasteiger partial charge in [0.15, 0.2) is 0 Å². The van der Waals surface area contributed by atoms with Crippen molar-refractivity contribution in [3.8, 4) is 56.6 Å². The molecule has 0 aliphatic rings. The number of phenolic OH excluding ortho intramolecular Hbond substituents is 2. The highest BCUT2D eigenvalue weighted by Crippen LogP contribution is 2.63. The molecule has 6 nitrogen and oxygen atoms in total. The molecule has 0 atom stereocenters. The molecule has 2 N–H and O–H groups in total. The minimum Gasteiger partial charge on any atom is -0.505 e. The van der Waals surface area contributed by atoms with Crippen molar-refractivity contribution in [3.63, 3.8) is 0 Å². The minimum atomic E-state index is -0.676. The molecule has 8 aromatic carbocycles. The molecule has 0 radical (unpaired) electrons. The number of halogens is 2. The van der Waals surface area contributed by atoms with E-state index in [-0.39, 0.29) is 66.0 Å². The van der Waals surface area contributed by atoms with Crippen LogP contribution in [0.1, 0.15) is 195 Å². The first-order valence-electron chi connectivity index (χ1n) is 35.4. The van der Waals surface area contributed by atoms with Gasteiger partial charge >= 0.3 is 0 Å². The molecule has 0 aliphatic heterocycles. The van der Waals surface area contributed by atoms with Crippen molar-refractivity contribution < 1.29 is 28.5 Å². The first kappa shape index (κ1) is 75.8. The van der Waals surface area contributed by atoms with Crippen molar-refractivity contribution in [1.82, 2.24) is 9.13 Å². The van der Waals surface area contributed by atoms with Crippen LogP contribution in [0.5, 0.6) is 23.0 Å². The van der Waals surface area contributed by atoms with Gasteiger partial charge in [-0.1, -0.05) is 246 Å². The molecule has 12 heteroatoms. The second-order valence-corrected chi connectivity index (χ2v) is 51.3. The van der Waals surface area contributed by atoms with Crippen molar-refractivity contribution in [1.29, 1.82) is 0 Å². The third kappa shape index (κ3) is 15.2. The highest BCUT2D eigenvalue weighted by atomic mass is 31.1. The fourth-order valence-electron chi connectivity index (χ4n) is 17.1. The van der Waals surface area contributed by atoms with E-state index in [9.17, 15) is 10.2 Å². The predicted molar refractivity (Wildman–Crippen MR) is 434 cm³/mol. The van der Waals surface area contributed by atoms with Crippen LogP contribution < -0.4 is 30.7 Å². The number of hydrogen-bond acceptors (Lipinski definition) is 4. The highest BCUT2D eigenvalue weighted by Gasteiger charge is 2.41. The van der Waals surface area contributed by atoms with Crippen LogP contribution in [-0.4, -0.2) is 73.8 Å². The van der Waals surface area contributed by atoms with Crippen molar-refractivity contribution in [3.05, 3.63) is 155 Å². The van der Waals surface area contributed by atoms with Crippen LogP contribution in [0.3, 0.4) is 0 Å². The van der Waals surface area contributed by atoms with Gasteiger partial charge in [-0.2, -0.15) is 0 Å². The maximum atomic E-state index is 16.2. The van der Waals surface area contributed by atoms with E-state index in [0.29, 0.717) is 62.7 Å². The number of aryl methyl sites for hydroxylation is 4. The number of nitrogens with zero attached hydrogens (tertiary/aromatic N) is 2. The van der Waals surface area contributed by atoms with Crippen LogP contribution in [0.15, 0.2) is 121 Å². The van der Waals surface area contributed by atoms with Gasteiger partial charge < -0.3 is 28.8 Å². The molecule has 2 heterocycles. The number of fused-ring (bicyclic) bond motifs is 6. The molecule has 0 aliphatic carbocycles. The van der Waals surface area contributed by atoms with Crippen LogP contribution in [0, 0.1) is 39.3 Å². The van der Waals surface area contributed by atoms with Gasteiger partial charge in [0, 0.05) is 50.2 Å². The molecule has 99 heavy (non-hydrogen) atoms. The zero-order valence-corrected chi connectivity index (χ0v) is 68.4. The SMILES string of the molecule is Cc1cc(-c2cc(F)cc(C)c2OCCCOc2c(C)cc(F)cc2-c2cc(C)cc(-n3c4cc(P(C(C)(C)C)C(C)(C)C)ccc4c4ccc(P(C(C)(C)C)C(C)(C)C)cc43)c2O)c(O)c(-n2c3cc(P(C(C)(C)C)C(C)(C)C)ccc3c3ccc(P(C(C)(C)C)C(C)(C)C)cc32)c1. The normalized spacial score (nSPS) is 13.5. The van der Waals surface area contributed by atoms with Gasteiger partial charge in [-0.25, -0.2) is 8.78 Å². The van der Waals surface area contributed by atoms with E-state index >= 15 is 8.78 Å². The van der Waals surface area contributed by atoms with Crippen LogP contribution in [0.25, 0.3) is 77.2 Å². The Morgan fingerprint density at radius 1 is 0.323 bits per heavy atom. The van der Waals surface area contributed by atoms with Crippen molar-refractivity contribution in [2.75, 3.05) is 13.2 Å². The molecule has 0 spiro atoms. The fraction of sp³-hybridized carbons (Fsp3) is 0.448. The van der Waals surface area contributed by atoms with Crippen molar-refractivity contribution >= 4 is 96.5 Å². The Bertz CT molecular complexity index is 4220. The first-order chi connectivity index (χ1) is 45.5. The maximum Gasteiger partial charge on any atom is 0.147 e. The first-order valence-corrected chi connectivity index (χ1v) is 40.8. The maximum absolute atomic E-state index is 16.2. The number of ether oxygens (including phenoxy) is 2. The van der Waals surface area contributed by atoms with Crippen LogP contribution in [0.4, 0.5) is 8.78 Å². The summed E-state index contributed by atoms with van der Waals surface area (Å²) in [6, 6.07) is 41.8. The second kappa shape index (κ2) is 26.8. The quantitative estimate of drug-likeness (QED) is 0.0841. The monoisotopic (exact) mass is 1410 g/mol. The van der Waals surface area contributed by atoms with Gasteiger partial charge in [-0.3, -0.25) is 0 Å². The van der Waals surface area contributed by atoms with Gasteiger partial charge in [0.25, 0.3) is 0 Å². The second-order valence-electron chi connectivity index (χ2n) is 35.8. The molecule has 0 bridgehead atoms. The molecule has 528 valence electrons. The molecular formula is C87H112F2N2O4P4. The summed E-state index contributed by atoms with van der Waals surface area (Å²) in [7, 11) is -2.71. The standard InChI is InChI=1S/C87H112F2N2O4P4/c1-52-40-66(76(92)74(42-52)90-70-48-58(96(80(5,6)7)81(8,9)10)30-34-62(70)63-35-31-59(49-71(63)90)97(82(11,12)13)83(14,15)16)68-46-56(88)44-54(3)78(68)94-38-29-39-95-79-55(4)45-57(89)47-69(79)67-41-53(2)43-75(77(67)93)91-72-50-60(98(84(17,18)19)85(20,21)22)32-36-64(72)65-37-33-61(51-73(65)91)99(86(23,24)25)87(26,27)28/h30-37,40-51,92-93H,29,38-39H2,1-28H3. The summed E-state index contributed by atoms with van der Waals surface area (Å²) in [4.78, 5) is 0. The largest absolute Gasteiger partial charge is 0.505 e. The molecule has 0 saturated carbocycles. The lowest BCUT2D eigenvalue weighted by molar-refractivity contribution is 0.246. The van der Waals surface area contributed by atoms with E-state index in [4.69, 9.17) is 9.47 Å². The molecular weight excluding hydrogens is 1300 g/mol.